The van der Waals surface area contributed by atoms with Crippen LogP contribution >= 0.6 is 24.8 Å². The molecule has 1 amide bonds. The summed E-state index contributed by atoms with van der Waals surface area (Å²) >= 11 is 0. The van der Waals surface area contributed by atoms with Crippen molar-refractivity contribution in [1.82, 2.24) is 10.3 Å². The number of aromatic nitrogens is 1. The minimum atomic E-state index is -0.0465. The van der Waals surface area contributed by atoms with Gasteiger partial charge >= 0.3 is 0 Å². The van der Waals surface area contributed by atoms with E-state index in [1.165, 1.54) is 0 Å². The summed E-state index contributed by atoms with van der Waals surface area (Å²) in [6.45, 7) is 0.627. The second-order valence-corrected chi connectivity index (χ2v) is 6.55. The Morgan fingerprint density at radius 3 is 2.69 bits per heavy atom. The second-order valence-electron chi connectivity index (χ2n) is 6.55. The van der Waals surface area contributed by atoms with E-state index in [0.717, 1.165) is 40.9 Å². The molecule has 3 aromatic rings. The molecule has 4 rings (SSSR count). The molecule has 26 heavy (non-hydrogen) atoms. The number of pyridine rings is 1. The van der Waals surface area contributed by atoms with Gasteiger partial charge in [0.25, 0.3) is 5.91 Å². The van der Waals surface area contributed by atoms with Crippen molar-refractivity contribution in [3.05, 3.63) is 54.2 Å². The van der Waals surface area contributed by atoms with Gasteiger partial charge in [-0.1, -0.05) is 36.8 Å². The molecule has 0 saturated heterocycles. The Kier molecular flexibility index (Phi) is 6.81. The molecule has 1 aliphatic rings. The van der Waals surface area contributed by atoms with Gasteiger partial charge in [-0.3, -0.25) is 9.78 Å². The molecule has 0 bridgehead atoms. The van der Waals surface area contributed by atoms with E-state index < -0.39 is 0 Å². The Bertz CT molecular complexity index is 916. The van der Waals surface area contributed by atoms with Gasteiger partial charge < -0.3 is 11.1 Å². The maximum absolute atomic E-state index is 12.9. The lowest BCUT2D eigenvalue weighted by Gasteiger charge is -2.20. The Labute approximate surface area is 165 Å². The molecule has 2 unspecified atom stereocenters. The smallest absolute Gasteiger partial charge is 0.253 e. The molecule has 6 heteroatoms. The zero-order valence-corrected chi connectivity index (χ0v) is 16.0. The summed E-state index contributed by atoms with van der Waals surface area (Å²) in [7, 11) is 0. The van der Waals surface area contributed by atoms with Gasteiger partial charge in [0.15, 0.2) is 0 Å². The maximum Gasteiger partial charge on any atom is 0.253 e. The molecule has 138 valence electrons. The van der Waals surface area contributed by atoms with Crippen LogP contribution in [0, 0.1) is 5.92 Å². The summed E-state index contributed by atoms with van der Waals surface area (Å²) in [5.74, 6) is 0.337. The van der Waals surface area contributed by atoms with Crippen molar-refractivity contribution >= 4 is 52.4 Å². The number of carbonyl (C=O) groups excluding carboxylic acids is 1. The first-order valence-electron chi connectivity index (χ1n) is 8.55. The van der Waals surface area contributed by atoms with Gasteiger partial charge in [-0.05, 0) is 48.2 Å². The minimum Gasteiger partial charge on any atom is -0.349 e. The third-order valence-electron chi connectivity index (χ3n) is 5.14. The molecule has 2 aromatic carbocycles. The van der Waals surface area contributed by atoms with Crippen molar-refractivity contribution in [2.24, 2.45) is 11.7 Å². The molecular weight excluding hydrogens is 369 g/mol. The number of hydrogen-bond donors (Lipinski definition) is 2. The highest BCUT2D eigenvalue weighted by molar-refractivity contribution is 6.15. The highest BCUT2D eigenvalue weighted by atomic mass is 35.5. The zero-order valence-electron chi connectivity index (χ0n) is 14.4. The van der Waals surface area contributed by atoms with E-state index in [2.05, 4.69) is 16.4 Å². The average molecular weight is 392 g/mol. The number of nitrogens with two attached hydrogens (primary N) is 1. The third kappa shape index (κ3) is 3.63. The standard InChI is InChI=1S/C20H21N3O.2ClH/c21-12-14-6-3-9-18(14)23-20(24)17-11-13-5-1-2-7-15(13)16-8-4-10-22-19(16)17;;/h1-2,4-5,7-8,10-11,14,18H,3,6,9,12,21H2,(H,23,24);2*1H. The van der Waals surface area contributed by atoms with Crippen LogP contribution in [0.1, 0.15) is 29.6 Å². The van der Waals surface area contributed by atoms with Crippen LogP contribution in [0.4, 0.5) is 0 Å². The van der Waals surface area contributed by atoms with Crippen LogP contribution in [0.5, 0.6) is 0 Å². The average Bonchev–Trinajstić information content (AvgIpc) is 3.08. The van der Waals surface area contributed by atoms with E-state index in [1.54, 1.807) is 6.20 Å². The second kappa shape index (κ2) is 8.67. The fourth-order valence-corrected chi connectivity index (χ4v) is 3.86. The lowest BCUT2D eigenvalue weighted by atomic mass is 9.99. The number of halogens is 2. The lowest BCUT2D eigenvalue weighted by molar-refractivity contribution is 0.0930. The van der Waals surface area contributed by atoms with Crippen molar-refractivity contribution in [3.63, 3.8) is 0 Å². The fourth-order valence-electron chi connectivity index (χ4n) is 3.86. The predicted molar refractivity (Wildman–Crippen MR) is 111 cm³/mol. The van der Waals surface area contributed by atoms with E-state index in [4.69, 9.17) is 5.73 Å². The molecule has 2 atom stereocenters. The van der Waals surface area contributed by atoms with Gasteiger partial charge in [-0.25, -0.2) is 0 Å². The summed E-state index contributed by atoms with van der Waals surface area (Å²) in [6, 6.07) is 14.2. The Hall–Kier alpha value is -1.88. The summed E-state index contributed by atoms with van der Waals surface area (Å²) in [4.78, 5) is 17.4. The number of carbonyl (C=O) groups is 1. The van der Waals surface area contributed by atoms with Crippen LogP contribution in [0.2, 0.25) is 0 Å². The predicted octanol–water partition coefficient (Wildman–Crippen LogP) is 4.09. The summed E-state index contributed by atoms with van der Waals surface area (Å²) in [6.07, 6.45) is 4.97. The van der Waals surface area contributed by atoms with Gasteiger partial charge in [0, 0.05) is 17.6 Å². The lowest BCUT2D eigenvalue weighted by Crippen LogP contribution is -2.40. The van der Waals surface area contributed by atoms with Crippen LogP contribution in [0.25, 0.3) is 21.7 Å². The Balaban J connectivity index is 0.00000121. The van der Waals surface area contributed by atoms with Crippen LogP contribution in [-0.2, 0) is 0 Å². The van der Waals surface area contributed by atoms with E-state index >= 15 is 0 Å². The highest BCUT2D eigenvalue weighted by Crippen LogP contribution is 2.29. The van der Waals surface area contributed by atoms with Gasteiger partial charge in [0.1, 0.15) is 0 Å². The number of fused-ring (bicyclic) bond motifs is 3. The van der Waals surface area contributed by atoms with Gasteiger partial charge in [0.05, 0.1) is 11.1 Å². The molecule has 1 fully saturated rings. The van der Waals surface area contributed by atoms with Crippen molar-refractivity contribution < 1.29 is 4.79 Å². The normalized spacial score (nSPS) is 19.0. The van der Waals surface area contributed by atoms with E-state index in [1.807, 2.05) is 36.4 Å². The first kappa shape index (κ1) is 20.4. The third-order valence-corrected chi connectivity index (χ3v) is 5.14. The van der Waals surface area contributed by atoms with Crippen molar-refractivity contribution in [2.75, 3.05) is 6.54 Å². The molecule has 4 nitrogen and oxygen atoms in total. The quantitative estimate of drug-likeness (QED) is 0.660. The van der Waals surface area contributed by atoms with E-state index in [9.17, 15) is 4.79 Å². The van der Waals surface area contributed by atoms with Gasteiger partial charge in [-0.15, -0.1) is 24.8 Å². The van der Waals surface area contributed by atoms with E-state index in [0.29, 0.717) is 18.0 Å². The molecule has 1 saturated carbocycles. The number of amides is 1. The number of nitrogens with zero attached hydrogens (tertiary/aromatic N) is 1. The summed E-state index contributed by atoms with van der Waals surface area (Å²) < 4.78 is 0. The largest absolute Gasteiger partial charge is 0.349 e. The minimum absolute atomic E-state index is 0. The Morgan fingerprint density at radius 2 is 1.88 bits per heavy atom. The number of hydrogen-bond acceptors (Lipinski definition) is 3. The van der Waals surface area contributed by atoms with Crippen LogP contribution in [0.3, 0.4) is 0 Å². The van der Waals surface area contributed by atoms with Crippen LogP contribution in [0.15, 0.2) is 48.7 Å². The first-order chi connectivity index (χ1) is 11.8. The first-order valence-corrected chi connectivity index (χ1v) is 8.55. The topological polar surface area (TPSA) is 68.0 Å². The molecule has 3 N–H and O–H groups in total. The number of benzene rings is 2. The molecule has 0 spiro atoms. The molecule has 1 aromatic heterocycles. The van der Waals surface area contributed by atoms with E-state index in [-0.39, 0.29) is 36.8 Å². The number of rotatable bonds is 3. The zero-order chi connectivity index (χ0) is 16.5. The maximum atomic E-state index is 12.9. The molecule has 0 aliphatic heterocycles. The molecular formula is C20H23Cl2N3O. The monoisotopic (exact) mass is 391 g/mol. The molecule has 0 radical (unpaired) electrons. The molecule has 1 heterocycles. The highest BCUT2D eigenvalue weighted by Gasteiger charge is 2.28. The van der Waals surface area contributed by atoms with Crippen molar-refractivity contribution in [2.45, 2.75) is 25.3 Å². The summed E-state index contributed by atoms with van der Waals surface area (Å²) in [5.41, 5.74) is 7.25. The number of nitrogens with one attached hydrogen (secondary N) is 1. The Morgan fingerprint density at radius 1 is 1.12 bits per heavy atom. The molecule has 1 aliphatic carbocycles. The van der Waals surface area contributed by atoms with Crippen molar-refractivity contribution in [3.8, 4) is 0 Å². The van der Waals surface area contributed by atoms with Crippen molar-refractivity contribution in [1.29, 1.82) is 0 Å². The van der Waals surface area contributed by atoms with Gasteiger partial charge in [0.2, 0.25) is 0 Å². The van der Waals surface area contributed by atoms with Gasteiger partial charge in [-0.2, -0.15) is 0 Å². The SMILES string of the molecule is Cl.Cl.NCC1CCCC1NC(=O)c1cc2ccccc2c2cccnc12. The van der Waals surface area contributed by atoms with Crippen LogP contribution in [-0.4, -0.2) is 23.5 Å². The fraction of sp³-hybridized carbons (Fsp3) is 0.300. The summed E-state index contributed by atoms with van der Waals surface area (Å²) in [5, 5.41) is 6.39. The van der Waals surface area contributed by atoms with Crippen LogP contribution < -0.4 is 11.1 Å².